The molecule has 0 amide bonds. The predicted octanol–water partition coefficient (Wildman–Crippen LogP) is 8.96. The maximum absolute atomic E-state index is 15.1. The second-order valence-electron chi connectivity index (χ2n) is 9.30. The Bertz CT molecular complexity index is 818. The number of hydrogen-bond acceptors (Lipinski definition) is 2. The van der Waals surface area contributed by atoms with Crippen LogP contribution in [0, 0.1) is 0 Å². The highest BCUT2D eigenvalue weighted by atomic mass is 19.1. The van der Waals surface area contributed by atoms with Crippen LogP contribution in [0.15, 0.2) is 48.5 Å². The number of carboxylic acid groups (broad SMARTS) is 1. The minimum absolute atomic E-state index is 0.424. The van der Waals surface area contributed by atoms with Crippen LogP contribution < -0.4 is 4.74 Å². The van der Waals surface area contributed by atoms with Crippen molar-refractivity contribution in [2.45, 2.75) is 103 Å². The van der Waals surface area contributed by atoms with E-state index < -0.39 is 24.5 Å². The topological polar surface area (TPSA) is 46.5 Å². The lowest BCUT2D eigenvalue weighted by Gasteiger charge is -2.23. The number of rotatable bonds is 18. The molecule has 188 valence electrons. The molecule has 0 fully saturated rings. The highest BCUT2D eigenvalue weighted by Gasteiger charge is 2.27. The van der Waals surface area contributed by atoms with Crippen molar-refractivity contribution in [1.29, 1.82) is 0 Å². The molecule has 0 heterocycles. The van der Waals surface area contributed by atoms with Gasteiger partial charge in [-0.1, -0.05) is 108 Å². The van der Waals surface area contributed by atoms with Gasteiger partial charge >= 0.3 is 5.97 Å². The van der Waals surface area contributed by atoms with Crippen molar-refractivity contribution < 1.29 is 19.0 Å². The lowest BCUT2D eigenvalue weighted by molar-refractivity contribution is -0.138. The van der Waals surface area contributed by atoms with E-state index in [1.165, 1.54) is 38.5 Å². The average molecular weight is 471 g/mol. The van der Waals surface area contributed by atoms with Gasteiger partial charge in [0.25, 0.3) is 0 Å². The van der Waals surface area contributed by atoms with Crippen molar-refractivity contribution in [1.82, 2.24) is 0 Å². The molecule has 0 spiro atoms. The lowest BCUT2D eigenvalue weighted by atomic mass is 9.83. The van der Waals surface area contributed by atoms with Gasteiger partial charge in [-0.25, -0.2) is 4.39 Å². The fourth-order valence-electron chi connectivity index (χ4n) is 4.52. The Morgan fingerprint density at radius 3 is 2.15 bits per heavy atom. The standard InChI is InChI=1S/C30H43FO3/c1-3-5-7-8-9-10-14-22-34-25-20-18-24(19-21-25)26-15-12-13-16-27(26)28(17-11-6-4-2)29(31)23-30(32)33/h12-13,15-16,18-21,28-29H,3-11,14,17,22-23H2,1-2H3,(H,32,33). The second-order valence-corrected chi connectivity index (χ2v) is 9.30. The third-order valence-electron chi connectivity index (χ3n) is 6.47. The molecule has 0 aliphatic carbocycles. The van der Waals surface area contributed by atoms with Gasteiger partial charge in [-0.2, -0.15) is 0 Å². The lowest BCUT2D eigenvalue weighted by Crippen LogP contribution is -2.19. The van der Waals surface area contributed by atoms with Gasteiger partial charge in [-0.3, -0.25) is 4.79 Å². The number of ether oxygens (including phenoxy) is 1. The highest BCUT2D eigenvalue weighted by Crippen LogP contribution is 2.37. The zero-order chi connectivity index (χ0) is 24.6. The normalized spacial score (nSPS) is 12.9. The molecule has 2 aromatic rings. The predicted molar refractivity (Wildman–Crippen MR) is 139 cm³/mol. The van der Waals surface area contributed by atoms with Crippen molar-refractivity contribution in [3.05, 3.63) is 54.1 Å². The largest absolute Gasteiger partial charge is 0.494 e. The van der Waals surface area contributed by atoms with Crippen LogP contribution in [0.4, 0.5) is 4.39 Å². The number of halogens is 1. The summed E-state index contributed by atoms with van der Waals surface area (Å²) in [6.07, 6.45) is 10.5. The van der Waals surface area contributed by atoms with Crippen LogP contribution in [0.3, 0.4) is 0 Å². The molecule has 0 radical (unpaired) electrons. The summed E-state index contributed by atoms with van der Waals surface area (Å²) < 4.78 is 21.0. The van der Waals surface area contributed by atoms with E-state index in [-0.39, 0.29) is 0 Å². The fourth-order valence-corrected chi connectivity index (χ4v) is 4.52. The van der Waals surface area contributed by atoms with Gasteiger partial charge in [0.1, 0.15) is 11.9 Å². The molecule has 34 heavy (non-hydrogen) atoms. The first kappa shape index (κ1) is 27.9. The molecule has 0 saturated carbocycles. The first-order chi connectivity index (χ1) is 16.6. The van der Waals surface area contributed by atoms with E-state index in [1.807, 2.05) is 48.5 Å². The molecular formula is C30H43FO3. The summed E-state index contributed by atoms with van der Waals surface area (Å²) in [5, 5.41) is 9.17. The molecule has 2 aromatic carbocycles. The summed E-state index contributed by atoms with van der Waals surface area (Å²) in [4.78, 5) is 11.2. The molecule has 0 bridgehead atoms. The maximum Gasteiger partial charge on any atom is 0.306 e. The molecule has 2 rings (SSSR count). The summed E-state index contributed by atoms with van der Waals surface area (Å²) >= 11 is 0. The molecular weight excluding hydrogens is 427 g/mol. The Morgan fingerprint density at radius 1 is 0.853 bits per heavy atom. The third kappa shape index (κ3) is 9.87. The van der Waals surface area contributed by atoms with Crippen molar-refractivity contribution in [2.75, 3.05) is 6.61 Å². The van der Waals surface area contributed by atoms with Crippen LogP contribution in [0.2, 0.25) is 0 Å². The molecule has 0 aliphatic rings. The smallest absolute Gasteiger partial charge is 0.306 e. The van der Waals surface area contributed by atoms with E-state index in [2.05, 4.69) is 13.8 Å². The zero-order valence-corrected chi connectivity index (χ0v) is 21.1. The minimum atomic E-state index is -1.40. The second kappa shape index (κ2) is 16.3. The number of aliphatic carboxylic acids is 1. The molecule has 4 heteroatoms. The van der Waals surface area contributed by atoms with Crippen LogP contribution in [-0.2, 0) is 4.79 Å². The fraction of sp³-hybridized carbons (Fsp3) is 0.567. The Labute approximate surface area is 205 Å². The van der Waals surface area contributed by atoms with E-state index in [9.17, 15) is 4.79 Å². The molecule has 0 aromatic heterocycles. The van der Waals surface area contributed by atoms with Crippen molar-refractivity contribution in [2.24, 2.45) is 0 Å². The van der Waals surface area contributed by atoms with Gasteiger partial charge in [-0.05, 0) is 41.7 Å². The Hall–Kier alpha value is -2.36. The van der Waals surface area contributed by atoms with Crippen LogP contribution in [0.1, 0.15) is 102 Å². The summed E-state index contributed by atoms with van der Waals surface area (Å²) in [6.45, 7) is 5.08. The Morgan fingerprint density at radius 2 is 1.47 bits per heavy atom. The molecule has 1 N–H and O–H groups in total. The minimum Gasteiger partial charge on any atom is -0.494 e. The Kier molecular flexibility index (Phi) is 13.4. The Balaban J connectivity index is 2.03. The molecule has 0 aliphatic heterocycles. The van der Waals surface area contributed by atoms with E-state index in [1.54, 1.807) is 0 Å². The van der Waals surface area contributed by atoms with Crippen LogP contribution in [-0.4, -0.2) is 23.9 Å². The monoisotopic (exact) mass is 470 g/mol. The summed E-state index contributed by atoms with van der Waals surface area (Å²) in [6, 6.07) is 15.8. The van der Waals surface area contributed by atoms with Crippen LogP contribution in [0.5, 0.6) is 5.75 Å². The number of benzene rings is 2. The van der Waals surface area contributed by atoms with Gasteiger partial charge in [-0.15, -0.1) is 0 Å². The number of unbranched alkanes of at least 4 members (excludes halogenated alkanes) is 8. The van der Waals surface area contributed by atoms with Gasteiger partial charge in [0.05, 0.1) is 13.0 Å². The quantitative estimate of drug-likeness (QED) is 0.221. The number of hydrogen-bond donors (Lipinski definition) is 1. The van der Waals surface area contributed by atoms with Crippen molar-refractivity contribution in [3.8, 4) is 16.9 Å². The first-order valence-electron chi connectivity index (χ1n) is 13.2. The summed E-state index contributed by atoms with van der Waals surface area (Å²) in [5.41, 5.74) is 2.86. The van der Waals surface area contributed by atoms with E-state index in [4.69, 9.17) is 9.84 Å². The molecule has 2 unspecified atom stereocenters. The maximum atomic E-state index is 15.1. The number of carboxylic acids is 1. The van der Waals surface area contributed by atoms with E-state index in [0.717, 1.165) is 54.7 Å². The van der Waals surface area contributed by atoms with E-state index >= 15 is 4.39 Å². The summed E-state index contributed by atoms with van der Waals surface area (Å²) in [5.74, 6) is -0.666. The number of alkyl halides is 1. The van der Waals surface area contributed by atoms with Gasteiger partial charge in [0.2, 0.25) is 0 Å². The molecule has 0 saturated heterocycles. The van der Waals surface area contributed by atoms with Crippen LogP contribution in [0.25, 0.3) is 11.1 Å². The van der Waals surface area contributed by atoms with E-state index in [0.29, 0.717) is 6.42 Å². The van der Waals surface area contributed by atoms with Gasteiger partial charge in [0.15, 0.2) is 0 Å². The third-order valence-corrected chi connectivity index (χ3v) is 6.47. The van der Waals surface area contributed by atoms with Gasteiger partial charge < -0.3 is 9.84 Å². The average Bonchev–Trinajstić information content (AvgIpc) is 2.83. The zero-order valence-electron chi connectivity index (χ0n) is 21.1. The van der Waals surface area contributed by atoms with Crippen LogP contribution >= 0.6 is 0 Å². The molecule has 2 atom stereocenters. The first-order valence-corrected chi connectivity index (χ1v) is 13.2. The highest BCUT2D eigenvalue weighted by molar-refractivity contribution is 5.70. The van der Waals surface area contributed by atoms with Crippen molar-refractivity contribution in [3.63, 3.8) is 0 Å². The number of carbonyl (C=O) groups is 1. The summed E-state index contributed by atoms with van der Waals surface area (Å²) in [7, 11) is 0. The SMILES string of the molecule is CCCCCCCCCOc1ccc(-c2ccccc2C(CCCCC)C(F)CC(=O)O)cc1. The molecule has 3 nitrogen and oxygen atoms in total. The van der Waals surface area contributed by atoms with Crippen molar-refractivity contribution >= 4 is 5.97 Å². The van der Waals surface area contributed by atoms with Gasteiger partial charge in [0, 0.05) is 5.92 Å².